The molecule has 2 unspecified atom stereocenters. The number of benzene rings is 1. The van der Waals surface area contributed by atoms with E-state index in [4.69, 9.17) is 0 Å². The fraction of sp³-hybridized carbons (Fsp3) is 0.538. The van der Waals surface area contributed by atoms with E-state index in [0.717, 1.165) is 19.5 Å². The molecule has 0 aliphatic carbocycles. The number of sulfonamides is 2. The van der Waals surface area contributed by atoms with Crippen LogP contribution >= 0.6 is 12.4 Å². The van der Waals surface area contributed by atoms with Crippen molar-refractivity contribution in [2.24, 2.45) is 5.92 Å². The highest BCUT2D eigenvalue weighted by atomic mass is 35.5. The summed E-state index contributed by atoms with van der Waals surface area (Å²) in [4.78, 5) is 0.0949. The molecule has 2 rings (SSSR count). The Morgan fingerprint density at radius 3 is 2.04 bits per heavy atom. The van der Waals surface area contributed by atoms with Crippen molar-refractivity contribution in [2.45, 2.75) is 29.2 Å². The zero-order chi connectivity index (χ0) is 16.4. The summed E-state index contributed by atoms with van der Waals surface area (Å²) in [7, 11) is -5.92. The van der Waals surface area contributed by atoms with Crippen LogP contribution in [0.2, 0.25) is 0 Å². The number of hydrogen-bond donors (Lipinski definition) is 3. The van der Waals surface area contributed by atoms with Crippen LogP contribution in [-0.2, 0) is 20.0 Å². The lowest BCUT2D eigenvalue weighted by atomic mass is 9.97. The predicted molar refractivity (Wildman–Crippen MR) is 90.7 cm³/mol. The zero-order valence-corrected chi connectivity index (χ0v) is 15.4. The molecule has 1 aliphatic heterocycles. The zero-order valence-electron chi connectivity index (χ0n) is 12.9. The van der Waals surface area contributed by atoms with Crippen molar-refractivity contribution in [3.8, 4) is 0 Å². The maximum Gasteiger partial charge on any atom is 0.240 e. The first-order chi connectivity index (χ1) is 10.3. The molecule has 1 heterocycles. The maximum absolute atomic E-state index is 12.4. The van der Waals surface area contributed by atoms with Crippen LogP contribution in [0.25, 0.3) is 0 Å². The third kappa shape index (κ3) is 4.88. The van der Waals surface area contributed by atoms with Crippen molar-refractivity contribution in [1.82, 2.24) is 14.8 Å². The van der Waals surface area contributed by atoms with Crippen LogP contribution in [0, 0.1) is 5.92 Å². The molecule has 0 amide bonds. The van der Waals surface area contributed by atoms with Crippen LogP contribution in [0.1, 0.15) is 13.3 Å². The third-order valence-corrected chi connectivity index (χ3v) is 6.74. The lowest BCUT2D eigenvalue weighted by molar-refractivity contribution is 0.328. The topological polar surface area (TPSA) is 104 Å². The first-order valence-electron chi connectivity index (χ1n) is 7.03. The average Bonchev–Trinajstić information content (AvgIpc) is 2.49. The van der Waals surface area contributed by atoms with E-state index in [0.29, 0.717) is 0 Å². The highest BCUT2D eigenvalue weighted by molar-refractivity contribution is 7.90. The van der Waals surface area contributed by atoms with E-state index < -0.39 is 20.0 Å². The quantitative estimate of drug-likeness (QED) is 0.678. The van der Waals surface area contributed by atoms with E-state index >= 15 is 0 Å². The van der Waals surface area contributed by atoms with Gasteiger partial charge in [0.15, 0.2) is 0 Å². The van der Waals surface area contributed by atoms with Crippen molar-refractivity contribution in [3.63, 3.8) is 0 Å². The van der Waals surface area contributed by atoms with E-state index in [1.165, 1.54) is 31.3 Å². The van der Waals surface area contributed by atoms with Crippen LogP contribution in [0.3, 0.4) is 0 Å². The molecule has 1 aromatic carbocycles. The summed E-state index contributed by atoms with van der Waals surface area (Å²) in [5.74, 6) is 0.201. The molecule has 0 aromatic heterocycles. The molecule has 1 aliphatic rings. The molecule has 1 aromatic rings. The molecule has 3 N–H and O–H groups in total. The Morgan fingerprint density at radius 1 is 1.04 bits per heavy atom. The molecule has 1 saturated heterocycles. The van der Waals surface area contributed by atoms with Gasteiger partial charge in [0, 0.05) is 6.04 Å². The standard InChI is InChI=1S/C13H21N3O4S2.ClH/c1-10-9-15-8-7-13(10)16-22(19,20)12-5-3-11(4-6-12)21(17,18)14-2;/h3-6,10,13-16H,7-9H2,1-2H3;1H. The van der Waals surface area contributed by atoms with Crippen molar-refractivity contribution in [2.75, 3.05) is 20.1 Å². The van der Waals surface area contributed by atoms with Crippen LogP contribution in [0.5, 0.6) is 0 Å². The fourth-order valence-electron chi connectivity index (χ4n) is 2.37. The molecule has 7 nitrogen and oxygen atoms in total. The summed E-state index contributed by atoms with van der Waals surface area (Å²) in [6.07, 6.45) is 0.729. The number of hydrogen-bond acceptors (Lipinski definition) is 5. The smallest absolute Gasteiger partial charge is 0.240 e. The Balaban J connectivity index is 0.00000264. The summed E-state index contributed by atoms with van der Waals surface area (Å²) in [6, 6.07) is 5.06. The first-order valence-corrected chi connectivity index (χ1v) is 9.99. The summed E-state index contributed by atoms with van der Waals surface area (Å²) in [6.45, 7) is 3.53. The number of rotatable bonds is 5. The van der Waals surface area contributed by atoms with Gasteiger partial charge in [0.25, 0.3) is 0 Å². The Morgan fingerprint density at radius 2 is 1.57 bits per heavy atom. The van der Waals surface area contributed by atoms with Gasteiger partial charge in [0.2, 0.25) is 20.0 Å². The van der Waals surface area contributed by atoms with E-state index in [1.54, 1.807) is 0 Å². The number of piperidine rings is 1. The summed E-state index contributed by atoms with van der Waals surface area (Å²) >= 11 is 0. The largest absolute Gasteiger partial charge is 0.316 e. The molecule has 0 saturated carbocycles. The van der Waals surface area contributed by atoms with Crippen molar-refractivity contribution < 1.29 is 16.8 Å². The van der Waals surface area contributed by atoms with Gasteiger partial charge in [-0.2, -0.15) is 0 Å². The van der Waals surface area contributed by atoms with Crippen molar-refractivity contribution in [1.29, 1.82) is 0 Å². The van der Waals surface area contributed by atoms with Gasteiger partial charge in [-0.3, -0.25) is 0 Å². The monoisotopic (exact) mass is 383 g/mol. The fourth-order valence-corrected chi connectivity index (χ4v) is 4.48. The Bertz CT molecular complexity index is 720. The highest BCUT2D eigenvalue weighted by Gasteiger charge is 2.26. The minimum atomic E-state index is -3.65. The Kier molecular flexibility index (Phi) is 6.99. The van der Waals surface area contributed by atoms with Crippen LogP contribution in [0.4, 0.5) is 0 Å². The lowest BCUT2D eigenvalue weighted by Crippen LogP contribution is -2.48. The second kappa shape index (κ2) is 7.91. The summed E-state index contributed by atoms with van der Waals surface area (Å²) in [5.41, 5.74) is 0. The van der Waals surface area contributed by atoms with Gasteiger partial charge in [-0.1, -0.05) is 6.92 Å². The molecule has 1 fully saturated rings. The van der Waals surface area contributed by atoms with Gasteiger partial charge in [-0.15, -0.1) is 12.4 Å². The molecule has 132 valence electrons. The van der Waals surface area contributed by atoms with Gasteiger partial charge in [-0.05, 0) is 56.7 Å². The van der Waals surface area contributed by atoms with E-state index in [1.807, 2.05) is 6.92 Å². The second-order valence-electron chi connectivity index (χ2n) is 5.38. The van der Waals surface area contributed by atoms with Crippen LogP contribution < -0.4 is 14.8 Å². The van der Waals surface area contributed by atoms with Crippen LogP contribution in [0.15, 0.2) is 34.1 Å². The van der Waals surface area contributed by atoms with Crippen molar-refractivity contribution >= 4 is 32.5 Å². The SMILES string of the molecule is CNS(=O)(=O)c1ccc(S(=O)(=O)NC2CCNCC2C)cc1.Cl. The molecule has 2 atom stereocenters. The van der Waals surface area contributed by atoms with Crippen LogP contribution in [-0.4, -0.2) is 43.0 Å². The van der Waals surface area contributed by atoms with Gasteiger partial charge >= 0.3 is 0 Å². The van der Waals surface area contributed by atoms with Gasteiger partial charge < -0.3 is 5.32 Å². The Hall–Kier alpha value is -0.710. The average molecular weight is 384 g/mol. The highest BCUT2D eigenvalue weighted by Crippen LogP contribution is 2.17. The second-order valence-corrected chi connectivity index (χ2v) is 8.98. The molecular weight excluding hydrogens is 362 g/mol. The van der Waals surface area contributed by atoms with Gasteiger partial charge in [-0.25, -0.2) is 26.3 Å². The third-order valence-electron chi connectivity index (χ3n) is 3.80. The minimum absolute atomic E-state index is 0. The molecule has 0 spiro atoms. The summed E-state index contributed by atoms with van der Waals surface area (Å²) in [5, 5.41) is 3.21. The molecular formula is C13H22ClN3O4S2. The number of halogens is 1. The molecule has 23 heavy (non-hydrogen) atoms. The Labute approximate surface area is 143 Å². The maximum atomic E-state index is 12.4. The van der Waals surface area contributed by atoms with E-state index in [9.17, 15) is 16.8 Å². The molecule has 10 heteroatoms. The molecule has 0 radical (unpaired) electrons. The van der Waals surface area contributed by atoms with Gasteiger partial charge in [0.05, 0.1) is 9.79 Å². The number of nitrogens with one attached hydrogen (secondary N) is 3. The van der Waals surface area contributed by atoms with Gasteiger partial charge in [0.1, 0.15) is 0 Å². The first kappa shape index (κ1) is 20.3. The predicted octanol–water partition coefficient (Wildman–Crippen LogP) is 0.293. The lowest BCUT2D eigenvalue weighted by Gasteiger charge is -2.29. The summed E-state index contributed by atoms with van der Waals surface area (Å²) < 4.78 is 52.9. The normalized spacial score (nSPS) is 22.3. The van der Waals surface area contributed by atoms with Crippen molar-refractivity contribution in [3.05, 3.63) is 24.3 Å². The molecule has 0 bridgehead atoms. The van der Waals surface area contributed by atoms with E-state index in [-0.39, 0.29) is 34.2 Å². The minimum Gasteiger partial charge on any atom is -0.316 e. The van der Waals surface area contributed by atoms with E-state index in [2.05, 4.69) is 14.8 Å².